The Morgan fingerprint density at radius 1 is 0.780 bits per heavy atom. The summed E-state index contributed by atoms with van der Waals surface area (Å²) in [5, 5.41) is 80.1. The molecule has 19 nitrogen and oxygen atoms in total. The highest BCUT2D eigenvalue weighted by Crippen LogP contribution is 2.29. The first-order chi connectivity index (χ1) is 28.2. The van der Waals surface area contributed by atoms with Gasteiger partial charge in [0.25, 0.3) is 5.91 Å². The van der Waals surface area contributed by atoms with Gasteiger partial charge in [0.15, 0.2) is 0 Å². The number of hydrogen-bond donors (Lipinski definition) is 10. The lowest BCUT2D eigenvalue weighted by Crippen LogP contribution is -2.52. The van der Waals surface area contributed by atoms with Crippen LogP contribution in [0.1, 0.15) is 36.7 Å². The van der Waals surface area contributed by atoms with Crippen molar-refractivity contribution in [3.63, 3.8) is 0 Å². The summed E-state index contributed by atoms with van der Waals surface area (Å²) >= 11 is 2.15. The number of fused-ring (bicyclic) bond motifs is 1. The Morgan fingerprint density at radius 3 is 1.53 bits per heavy atom. The molecular weight excluding hydrogens is 896 g/mol. The van der Waals surface area contributed by atoms with E-state index in [1.54, 1.807) is 39.3 Å². The Balaban J connectivity index is 0.000000880. The summed E-state index contributed by atoms with van der Waals surface area (Å²) in [5.41, 5.74) is -0.0382. The molecule has 344 valence electrons. The second-order valence-electron chi connectivity index (χ2n) is 15.1. The lowest BCUT2D eigenvalue weighted by atomic mass is 9.78. The highest BCUT2D eigenvalue weighted by Gasteiger charge is 2.41. The molecule has 3 fully saturated rings. The third-order valence-electron chi connectivity index (χ3n) is 9.50. The van der Waals surface area contributed by atoms with Crippen molar-refractivity contribution in [3.05, 3.63) is 29.3 Å². The fraction of sp³-hybridized carbons (Fsp3) is 0.789. The summed E-state index contributed by atoms with van der Waals surface area (Å²) in [6, 6.07) is 4.19. The van der Waals surface area contributed by atoms with E-state index in [0.717, 1.165) is 5.56 Å². The zero-order valence-electron chi connectivity index (χ0n) is 35.3. The minimum atomic E-state index is -1.11. The van der Waals surface area contributed by atoms with Crippen LogP contribution in [0, 0.1) is 27.6 Å². The molecule has 1 atom stereocenters. The molecule has 0 spiro atoms. The minimum absolute atomic E-state index is 0.0312. The summed E-state index contributed by atoms with van der Waals surface area (Å²) in [5.74, 6) is -1.05. The molecule has 0 bridgehead atoms. The number of halogens is 1. The molecule has 5 rings (SSSR count). The lowest BCUT2D eigenvalue weighted by molar-refractivity contribution is -0.184. The van der Waals surface area contributed by atoms with Gasteiger partial charge in [0.2, 0.25) is 0 Å². The zero-order valence-corrected chi connectivity index (χ0v) is 37.4. The van der Waals surface area contributed by atoms with Crippen molar-refractivity contribution in [1.82, 2.24) is 5.32 Å². The first kappa shape index (κ1) is 57.4. The van der Waals surface area contributed by atoms with Gasteiger partial charge in [-0.15, -0.1) is 0 Å². The molecular formula is C38H69BINO18. The van der Waals surface area contributed by atoms with Crippen LogP contribution in [0.5, 0.6) is 0 Å². The Bertz CT molecular complexity index is 1240. The van der Waals surface area contributed by atoms with Gasteiger partial charge in [-0.3, -0.25) is 4.79 Å². The van der Waals surface area contributed by atoms with E-state index < -0.39 is 56.9 Å². The van der Waals surface area contributed by atoms with Gasteiger partial charge >= 0.3 is 13.1 Å². The molecule has 1 aromatic rings. The largest absolute Gasteiger partial charge is 0.491 e. The van der Waals surface area contributed by atoms with Crippen LogP contribution in [0.15, 0.2) is 18.2 Å². The van der Waals surface area contributed by atoms with Crippen molar-refractivity contribution in [3.8, 4) is 0 Å². The molecule has 0 unspecified atom stereocenters. The molecule has 4 aliphatic rings. The summed E-state index contributed by atoms with van der Waals surface area (Å²) in [7, 11) is 2.20. The van der Waals surface area contributed by atoms with Gasteiger partial charge in [0, 0.05) is 26.4 Å². The van der Waals surface area contributed by atoms with Gasteiger partial charge in [0.1, 0.15) is 12.6 Å². The number of ether oxygens (including phenoxy) is 6. The van der Waals surface area contributed by atoms with E-state index in [-0.39, 0.29) is 55.2 Å². The smallest absolute Gasteiger partial charge is 0.463 e. The third kappa shape index (κ3) is 18.3. The molecule has 0 aliphatic carbocycles. The van der Waals surface area contributed by atoms with Crippen LogP contribution < -0.4 is 10.8 Å². The molecule has 4 heterocycles. The number of nitrogens with one attached hydrogen (secondary N) is 1. The second-order valence-corrected chi connectivity index (χ2v) is 15.1. The highest BCUT2D eigenvalue weighted by molar-refractivity contribution is 14.1. The van der Waals surface area contributed by atoms with Crippen LogP contribution in [0.2, 0.25) is 0 Å². The summed E-state index contributed by atoms with van der Waals surface area (Å²) in [6.07, 6.45) is 0. The van der Waals surface area contributed by atoms with Crippen molar-refractivity contribution in [1.29, 1.82) is 0 Å². The van der Waals surface area contributed by atoms with Gasteiger partial charge in [0.05, 0.1) is 127 Å². The van der Waals surface area contributed by atoms with E-state index in [4.69, 9.17) is 73.9 Å². The first-order valence-corrected chi connectivity index (χ1v) is 21.2. The molecule has 0 saturated carbocycles. The SMILES string of the molecule is CCO.CI.COCC1(CO)COC1.COCC1(COC(=O)[C@@H](NC(=O)c2ccc3c(c2)B(O)OC3)C(C)C)COC1.OCC(CO)(CO)CO.OCC1(CO)COC1. The number of carbonyl (C=O) groups excluding carboxylic acids is 2. The standard InChI is InChI=1S/C19H26BNO7.C6H12O3.C5H12O4.C5H10O3.C2H6O.CH3I/c1-12(2)16(18(23)27-11-19(8-25-3)9-26-10-19)21-17(22)13-4-5-14-7-28-20(24)15(14)6-13;1-8-3-6(2-7)4-9-5-6;6-1-5(2-7,3-8)4-9;6-1-5(2-7)3-8-4-5;1-2-3;1-2/h4-6,12,16,24H,7-11H2,1-3H3,(H,21,22);7H,2-5H2,1H3;6-9H,1-4H2;6-7H,1-4H2;3H,2H2,1H3;1H3/t16-;;;;;/m0...../s1. The molecule has 10 N–H and O–H groups in total. The van der Waals surface area contributed by atoms with E-state index in [1.165, 1.54) is 0 Å². The van der Waals surface area contributed by atoms with Gasteiger partial charge in [-0.25, -0.2) is 4.79 Å². The second kappa shape index (κ2) is 30.4. The maximum absolute atomic E-state index is 12.7. The van der Waals surface area contributed by atoms with Gasteiger partial charge in [-0.05, 0) is 40.9 Å². The van der Waals surface area contributed by atoms with Crippen molar-refractivity contribution in [2.75, 3.05) is 131 Å². The van der Waals surface area contributed by atoms with Gasteiger partial charge in [-0.1, -0.05) is 42.5 Å². The summed E-state index contributed by atoms with van der Waals surface area (Å²) in [4.78, 5) is 27.2. The number of amides is 1. The highest BCUT2D eigenvalue weighted by atomic mass is 127. The van der Waals surface area contributed by atoms with Gasteiger partial charge < -0.3 is 84.3 Å². The molecule has 21 heteroatoms. The van der Waals surface area contributed by atoms with Crippen molar-refractivity contribution < 1.29 is 88.5 Å². The summed E-state index contributed by atoms with van der Waals surface area (Å²) in [6.45, 7) is 8.98. The van der Waals surface area contributed by atoms with Crippen LogP contribution >= 0.6 is 22.6 Å². The third-order valence-corrected chi connectivity index (χ3v) is 9.50. The fourth-order valence-electron chi connectivity index (χ4n) is 5.14. The van der Waals surface area contributed by atoms with E-state index in [1.807, 2.05) is 18.8 Å². The topological polar surface area (TPSA) is 293 Å². The quantitative estimate of drug-likeness (QED) is 0.0334. The fourth-order valence-corrected chi connectivity index (χ4v) is 5.14. The van der Waals surface area contributed by atoms with Crippen molar-refractivity contribution >= 4 is 47.0 Å². The van der Waals surface area contributed by atoms with Crippen molar-refractivity contribution in [2.24, 2.45) is 27.6 Å². The Labute approximate surface area is 361 Å². The number of carbonyl (C=O) groups is 2. The average Bonchev–Trinajstić information content (AvgIpc) is 3.58. The van der Waals surface area contributed by atoms with E-state index >= 15 is 0 Å². The lowest BCUT2D eigenvalue weighted by Gasteiger charge is -2.40. The Hall–Kier alpha value is -1.65. The molecule has 0 radical (unpaired) electrons. The molecule has 1 aromatic carbocycles. The van der Waals surface area contributed by atoms with Crippen LogP contribution in [-0.4, -0.2) is 202 Å². The van der Waals surface area contributed by atoms with Crippen LogP contribution in [0.4, 0.5) is 0 Å². The normalized spacial score (nSPS) is 17.9. The predicted molar refractivity (Wildman–Crippen MR) is 224 cm³/mol. The molecule has 3 saturated heterocycles. The number of methoxy groups -OCH3 is 2. The van der Waals surface area contributed by atoms with Crippen LogP contribution in [-0.2, 0) is 44.5 Å². The first-order valence-electron chi connectivity index (χ1n) is 19.0. The van der Waals surface area contributed by atoms with E-state index in [0.29, 0.717) is 70.5 Å². The average molecular weight is 966 g/mol. The van der Waals surface area contributed by atoms with Gasteiger partial charge in [-0.2, -0.15) is 0 Å². The molecule has 1 amide bonds. The summed E-state index contributed by atoms with van der Waals surface area (Å²) < 4.78 is 35.7. The molecule has 0 aromatic heterocycles. The number of rotatable bonds is 17. The Morgan fingerprint density at radius 2 is 1.22 bits per heavy atom. The maximum atomic E-state index is 12.7. The monoisotopic (exact) mass is 965 g/mol. The number of esters is 1. The minimum Gasteiger partial charge on any atom is -0.463 e. The Kier molecular flexibility index (Phi) is 29.6. The molecule has 4 aliphatic heterocycles. The predicted octanol–water partition coefficient (Wildman–Crippen LogP) is -2.51. The van der Waals surface area contributed by atoms with Crippen LogP contribution in [0.25, 0.3) is 0 Å². The van der Waals surface area contributed by atoms with Crippen LogP contribution in [0.3, 0.4) is 0 Å². The molecule has 59 heavy (non-hydrogen) atoms. The van der Waals surface area contributed by atoms with Crippen molar-refractivity contribution in [2.45, 2.75) is 33.4 Å². The number of aliphatic hydroxyl groups is 8. The number of aliphatic hydroxyl groups excluding tert-OH is 8. The maximum Gasteiger partial charge on any atom is 0.491 e. The van der Waals surface area contributed by atoms with E-state index in [9.17, 15) is 14.6 Å². The zero-order chi connectivity index (χ0) is 45.1. The number of hydrogen-bond acceptors (Lipinski definition) is 18. The number of alkyl halides is 1. The number of benzene rings is 1. The van der Waals surface area contributed by atoms with E-state index in [2.05, 4.69) is 27.9 Å².